The molecular formula is C12H17Br2NO2S. The van der Waals surface area contributed by atoms with Crippen molar-refractivity contribution in [1.29, 1.82) is 0 Å². The Balaban J connectivity index is 2.54. The SMILES string of the molecule is CC(C)N(CCCC(=O)O)Cc1cc(Br)c(Br)s1. The Hall–Kier alpha value is 0.0900. The molecule has 0 saturated carbocycles. The minimum atomic E-state index is -0.722. The lowest BCUT2D eigenvalue weighted by Crippen LogP contribution is -2.31. The van der Waals surface area contributed by atoms with Gasteiger partial charge in [0.1, 0.15) is 0 Å². The molecule has 0 aliphatic carbocycles. The average molecular weight is 399 g/mol. The fourth-order valence-electron chi connectivity index (χ4n) is 1.62. The van der Waals surface area contributed by atoms with E-state index >= 15 is 0 Å². The van der Waals surface area contributed by atoms with E-state index in [-0.39, 0.29) is 6.42 Å². The molecule has 0 aromatic carbocycles. The molecule has 0 radical (unpaired) electrons. The minimum Gasteiger partial charge on any atom is -0.481 e. The maximum Gasteiger partial charge on any atom is 0.303 e. The normalized spacial score (nSPS) is 11.4. The van der Waals surface area contributed by atoms with Gasteiger partial charge < -0.3 is 5.11 Å². The van der Waals surface area contributed by atoms with E-state index in [2.05, 4.69) is 56.7 Å². The van der Waals surface area contributed by atoms with Gasteiger partial charge in [-0.05, 0) is 64.7 Å². The van der Waals surface area contributed by atoms with Gasteiger partial charge in [-0.15, -0.1) is 11.3 Å². The maximum atomic E-state index is 10.5. The van der Waals surface area contributed by atoms with Crippen LogP contribution in [0.1, 0.15) is 31.6 Å². The first kappa shape index (κ1) is 16.1. The third-order valence-corrected chi connectivity index (χ3v) is 5.86. The van der Waals surface area contributed by atoms with Crippen molar-refractivity contribution in [2.45, 2.75) is 39.3 Å². The molecule has 3 nitrogen and oxygen atoms in total. The summed E-state index contributed by atoms with van der Waals surface area (Å²) in [6, 6.07) is 2.53. The second kappa shape index (κ2) is 7.62. The van der Waals surface area contributed by atoms with E-state index in [1.54, 1.807) is 11.3 Å². The molecule has 0 aliphatic rings. The Labute approximate surface area is 128 Å². The lowest BCUT2D eigenvalue weighted by molar-refractivity contribution is -0.137. The Morgan fingerprint density at radius 2 is 2.17 bits per heavy atom. The van der Waals surface area contributed by atoms with Crippen molar-refractivity contribution >= 4 is 49.2 Å². The van der Waals surface area contributed by atoms with Crippen LogP contribution in [0.25, 0.3) is 0 Å². The zero-order valence-electron chi connectivity index (χ0n) is 10.4. The fraction of sp³-hybridized carbons (Fsp3) is 0.583. The predicted molar refractivity (Wildman–Crippen MR) is 82.1 cm³/mol. The van der Waals surface area contributed by atoms with Gasteiger partial charge in [0.2, 0.25) is 0 Å². The van der Waals surface area contributed by atoms with Crippen LogP contribution in [0.15, 0.2) is 14.3 Å². The quantitative estimate of drug-likeness (QED) is 0.742. The minimum absolute atomic E-state index is 0.237. The first-order valence-corrected chi connectivity index (χ1v) is 8.20. The first-order valence-electron chi connectivity index (χ1n) is 5.79. The summed E-state index contributed by atoms with van der Waals surface area (Å²) in [6.45, 7) is 5.96. The zero-order chi connectivity index (χ0) is 13.7. The number of carboxylic acid groups (broad SMARTS) is 1. The van der Waals surface area contributed by atoms with E-state index in [0.717, 1.165) is 21.3 Å². The van der Waals surface area contributed by atoms with E-state index < -0.39 is 5.97 Å². The first-order chi connectivity index (χ1) is 8.40. The van der Waals surface area contributed by atoms with E-state index in [1.165, 1.54) is 4.88 Å². The number of hydrogen-bond donors (Lipinski definition) is 1. The highest BCUT2D eigenvalue weighted by Gasteiger charge is 2.13. The van der Waals surface area contributed by atoms with Crippen LogP contribution in [-0.4, -0.2) is 28.6 Å². The van der Waals surface area contributed by atoms with Gasteiger partial charge in [-0.3, -0.25) is 9.69 Å². The summed E-state index contributed by atoms with van der Waals surface area (Å²) in [7, 11) is 0. The number of hydrogen-bond acceptors (Lipinski definition) is 3. The topological polar surface area (TPSA) is 40.5 Å². The van der Waals surface area contributed by atoms with Crippen LogP contribution < -0.4 is 0 Å². The lowest BCUT2D eigenvalue weighted by atomic mass is 10.2. The molecule has 1 N–H and O–H groups in total. The standard InChI is InChI=1S/C12H17Br2NO2S/c1-8(2)15(5-3-4-11(16)17)7-9-6-10(13)12(14)18-9/h6,8H,3-5,7H2,1-2H3,(H,16,17). The van der Waals surface area contributed by atoms with Crippen molar-refractivity contribution in [2.24, 2.45) is 0 Å². The van der Waals surface area contributed by atoms with Gasteiger partial charge in [0.25, 0.3) is 0 Å². The van der Waals surface area contributed by atoms with E-state index in [0.29, 0.717) is 12.5 Å². The largest absolute Gasteiger partial charge is 0.481 e. The summed E-state index contributed by atoms with van der Waals surface area (Å²) in [4.78, 5) is 14.1. The summed E-state index contributed by atoms with van der Waals surface area (Å²) < 4.78 is 2.18. The van der Waals surface area contributed by atoms with Crippen LogP contribution in [0.2, 0.25) is 0 Å². The number of nitrogens with zero attached hydrogens (tertiary/aromatic N) is 1. The number of halogens is 2. The molecule has 102 valence electrons. The fourth-order valence-corrected chi connectivity index (χ4v) is 3.83. The molecule has 0 amide bonds. The van der Waals surface area contributed by atoms with Gasteiger partial charge in [-0.25, -0.2) is 0 Å². The molecule has 6 heteroatoms. The Bertz CT molecular complexity index is 387. The number of carbonyl (C=O) groups is 1. The van der Waals surface area contributed by atoms with Crippen molar-refractivity contribution in [1.82, 2.24) is 4.90 Å². The average Bonchev–Trinajstić information content (AvgIpc) is 2.56. The number of rotatable bonds is 7. The van der Waals surface area contributed by atoms with Crippen molar-refractivity contribution in [3.63, 3.8) is 0 Å². The van der Waals surface area contributed by atoms with Crippen LogP contribution >= 0.6 is 43.2 Å². The Morgan fingerprint density at radius 3 is 2.61 bits per heavy atom. The van der Waals surface area contributed by atoms with Crippen LogP contribution in [0.4, 0.5) is 0 Å². The highest BCUT2D eigenvalue weighted by Crippen LogP contribution is 2.33. The molecule has 0 aliphatic heterocycles. The highest BCUT2D eigenvalue weighted by atomic mass is 79.9. The number of thiophene rings is 1. The third kappa shape index (κ3) is 5.38. The molecule has 1 aromatic rings. The Morgan fingerprint density at radius 1 is 1.50 bits per heavy atom. The van der Waals surface area contributed by atoms with Gasteiger partial charge in [0.15, 0.2) is 0 Å². The van der Waals surface area contributed by atoms with Crippen molar-refractivity contribution in [3.05, 3.63) is 19.2 Å². The van der Waals surface area contributed by atoms with Crippen LogP contribution in [0.3, 0.4) is 0 Å². The van der Waals surface area contributed by atoms with Crippen LogP contribution in [0.5, 0.6) is 0 Å². The van der Waals surface area contributed by atoms with Crippen LogP contribution in [0, 0.1) is 0 Å². The maximum absolute atomic E-state index is 10.5. The number of aliphatic carboxylic acids is 1. The van der Waals surface area contributed by atoms with E-state index in [1.807, 2.05) is 0 Å². The van der Waals surface area contributed by atoms with Crippen LogP contribution in [-0.2, 0) is 11.3 Å². The molecule has 0 fully saturated rings. The van der Waals surface area contributed by atoms with Gasteiger partial charge in [-0.1, -0.05) is 0 Å². The van der Waals surface area contributed by atoms with Crippen molar-refractivity contribution in [2.75, 3.05) is 6.54 Å². The molecular weight excluding hydrogens is 382 g/mol. The highest BCUT2D eigenvalue weighted by molar-refractivity contribution is 9.13. The summed E-state index contributed by atoms with van der Waals surface area (Å²) in [5, 5.41) is 8.67. The van der Waals surface area contributed by atoms with E-state index in [9.17, 15) is 4.79 Å². The zero-order valence-corrected chi connectivity index (χ0v) is 14.4. The number of carboxylic acids is 1. The smallest absolute Gasteiger partial charge is 0.303 e. The molecule has 0 saturated heterocycles. The molecule has 0 bridgehead atoms. The Kier molecular flexibility index (Phi) is 6.84. The molecule has 0 atom stereocenters. The monoisotopic (exact) mass is 397 g/mol. The second-order valence-corrected chi connectivity index (χ2v) is 7.70. The molecule has 1 rings (SSSR count). The summed E-state index contributed by atoms with van der Waals surface area (Å²) in [6.07, 6.45) is 0.933. The molecule has 0 unspecified atom stereocenters. The van der Waals surface area contributed by atoms with E-state index in [4.69, 9.17) is 5.11 Å². The molecule has 18 heavy (non-hydrogen) atoms. The molecule has 1 aromatic heterocycles. The predicted octanol–water partition coefficient (Wildman–Crippen LogP) is 4.35. The van der Waals surface area contributed by atoms with Gasteiger partial charge >= 0.3 is 5.97 Å². The van der Waals surface area contributed by atoms with Crippen molar-refractivity contribution < 1.29 is 9.90 Å². The summed E-state index contributed by atoms with van der Waals surface area (Å²) in [5.41, 5.74) is 0. The van der Waals surface area contributed by atoms with Gasteiger partial charge in [0.05, 0.1) is 3.79 Å². The third-order valence-electron chi connectivity index (χ3n) is 2.62. The summed E-state index contributed by atoms with van der Waals surface area (Å²) >= 11 is 8.68. The van der Waals surface area contributed by atoms with Gasteiger partial charge in [-0.2, -0.15) is 0 Å². The molecule has 1 heterocycles. The van der Waals surface area contributed by atoms with Crippen molar-refractivity contribution in [3.8, 4) is 0 Å². The summed E-state index contributed by atoms with van der Waals surface area (Å²) in [5.74, 6) is -0.722. The van der Waals surface area contributed by atoms with Gasteiger partial charge in [0, 0.05) is 28.4 Å². The molecule has 0 spiro atoms. The second-order valence-electron chi connectivity index (χ2n) is 4.40. The lowest BCUT2D eigenvalue weighted by Gasteiger charge is -2.25.